The fraction of sp³-hybridized carbons (Fsp3) is 1.00. The molecule has 2 aliphatic rings. The molecule has 2 rings (SSSR count). The maximum absolute atomic E-state index is 3.75. The number of hydrogen-bond donors (Lipinski definition) is 1. The van der Waals surface area contributed by atoms with Gasteiger partial charge in [-0.25, -0.2) is 0 Å². The van der Waals surface area contributed by atoms with Crippen molar-refractivity contribution in [1.29, 1.82) is 0 Å². The molecule has 0 heterocycles. The lowest BCUT2D eigenvalue weighted by atomic mass is 9.95. The van der Waals surface area contributed by atoms with Crippen LogP contribution in [0.5, 0.6) is 0 Å². The maximum atomic E-state index is 3.75. The van der Waals surface area contributed by atoms with Gasteiger partial charge in [0.2, 0.25) is 0 Å². The summed E-state index contributed by atoms with van der Waals surface area (Å²) in [5.74, 6) is 0.973. The largest absolute Gasteiger partial charge is 0.315 e. The van der Waals surface area contributed by atoms with Crippen molar-refractivity contribution in [3.63, 3.8) is 0 Å². The third kappa shape index (κ3) is 2.78. The molecule has 94 valence electrons. The normalized spacial score (nSPS) is 25.7. The van der Waals surface area contributed by atoms with Crippen molar-refractivity contribution in [3.05, 3.63) is 0 Å². The quantitative estimate of drug-likeness (QED) is 0.772. The fourth-order valence-corrected chi connectivity index (χ4v) is 3.54. The summed E-state index contributed by atoms with van der Waals surface area (Å²) >= 11 is 0. The van der Waals surface area contributed by atoms with Crippen molar-refractivity contribution < 1.29 is 0 Å². The molecule has 0 aliphatic heterocycles. The SMILES string of the molecule is CN(C)C1(CNCC2CCCC2)CCCC1. The zero-order valence-corrected chi connectivity index (χ0v) is 11.1. The third-order valence-corrected chi connectivity index (χ3v) is 4.84. The van der Waals surface area contributed by atoms with E-state index in [0.29, 0.717) is 5.54 Å². The molecule has 0 saturated heterocycles. The van der Waals surface area contributed by atoms with Crippen LogP contribution in [0.4, 0.5) is 0 Å². The highest BCUT2D eigenvalue weighted by Crippen LogP contribution is 2.33. The molecule has 0 aromatic rings. The van der Waals surface area contributed by atoms with E-state index in [2.05, 4.69) is 24.3 Å². The van der Waals surface area contributed by atoms with Gasteiger partial charge in [-0.05, 0) is 52.2 Å². The summed E-state index contributed by atoms with van der Waals surface area (Å²) in [6.45, 7) is 2.46. The molecule has 0 unspecified atom stereocenters. The van der Waals surface area contributed by atoms with Crippen LogP contribution in [0.25, 0.3) is 0 Å². The van der Waals surface area contributed by atoms with Crippen molar-refractivity contribution >= 4 is 0 Å². The topological polar surface area (TPSA) is 15.3 Å². The summed E-state index contributed by atoms with van der Waals surface area (Å²) in [5, 5.41) is 3.75. The maximum Gasteiger partial charge on any atom is 0.0327 e. The summed E-state index contributed by atoms with van der Waals surface area (Å²) in [7, 11) is 4.51. The van der Waals surface area contributed by atoms with Gasteiger partial charge in [0.05, 0.1) is 0 Å². The second kappa shape index (κ2) is 5.50. The lowest BCUT2D eigenvalue weighted by Gasteiger charge is -2.37. The second-order valence-electron chi connectivity index (χ2n) is 6.11. The van der Waals surface area contributed by atoms with Gasteiger partial charge in [-0.15, -0.1) is 0 Å². The first kappa shape index (κ1) is 12.4. The molecule has 16 heavy (non-hydrogen) atoms. The van der Waals surface area contributed by atoms with E-state index in [0.717, 1.165) is 5.92 Å². The zero-order valence-electron chi connectivity index (χ0n) is 11.1. The summed E-state index contributed by atoms with van der Waals surface area (Å²) < 4.78 is 0. The van der Waals surface area contributed by atoms with Crippen molar-refractivity contribution in [2.75, 3.05) is 27.2 Å². The third-order valence-electron chi connectivity index (χ3n) is 4.84. The Balaban J connectivity index is 1.73. The van der Waals surface area contributed by atoms with Crippen LogP contribution >= 0.6 is 0 Å². The minimum absolute atomic E-state index is 0.471. The Labute approximate surface area is 101 Å². The lowest BCUT2D eigenvalue weighted by molar-refractivity contribution is 0.152. The molecule has 1 N–H and O–H groups in total. The molecule has 2 aliphatic carbocycles. The Morgan fingerprint density at radius 1 is 1.06 bits per heavy atom. The molecule has 0 amide bonds. The zero-order chi connectivity index (χ0) is 11.4. The highest BCUT2D eigenvalue weighted by atomic mass is 15.2. The van der Waals surface area contributed by atoms with E-state index >= 15 is 0 Å². The summed E-state index contributed by atoms with van der Waals surface area (Å²) in [6, 6.07) is 0. The molecule has 0 bridgehead atoms. The van der Waals surface area contributed by atoms with Crippen LogP contribution in [0.2, 0.25) is 0 Å². The molecule has 2 heteroatoms. The Hall–Kier alpha value is -0.0800. The van der Waals surface area contributed by atoms with Gasteiger partial charge >= 0.3 is 0 Å². The molecule has 0 radical (unpaired) electrons. The van der Waals surface area contributed by atoms with E-state index in [9.17, 15) is 0 Å². The van der Waals surface area contributed by atoms with Crippen LogP contribution in [0.15, 0.2) is 0 Å². The Morgan fingerprint density at radius 3 is 2.25 bits per heavy atom. The Kier molecular flexibility index (Phi) is 4.26. The monoisotopic (exact) mass is 224 g/mol. The van der Waals surface area contributed by atoms with Gasteiger partial charge in [-0.2, -0.15) is 0 Å². The summed E-state index contributed by atoms with van der Waals surface area (Å²) in [6.07, 6.45) is 11.5. The van der Waals surface area contributed by atoms with Crippen LogP contribution in [0.1, 0.15) is 51.4 Å². The molecule has 0 atom stereocenters. The van der Waals surface area contributed by atoms with E-state index in [-0.39, 0.29) is 0 Å². The van der Waals surface area contributed by atoms with E-state index in [1.807, 2.05) is 0 Å². The van der Waals surface area contributed by atoms with E-state index in [1.165, 1.54) is 64.5 Å². The molecule has 0 aromatic heterocycles. The number of likely N-dealkylation sites (N-methyl/N-ethyl adjacent to an activating group) is 1. The number of nitrogens with one attached hydrogen (secondary N) is 1. The molecule has 0 spiro atoms. The van der Waals surface area contributed by atoms with Crippen molar-refractivity contribution in [2.24, 2.45) is 5.92 Å². The highest BCUT2D eigenvalue weighted by molar-refractivity contribution is 4.94. The summed E-state index contributed by atoms with van der Waals surface area (Å²) in [5.41, 5.74) is 0.471. The van der Waals surface area contributed by atoms with Crippen molar-refractivity contribution in [3.8, 4) is 0 Å². The molecule has 2 nitrogen and oxygen atoms in total. The first-order chi connectivity index (χ1) is 7.73. The predicted octanol–water partition coefficient (Wildman–Crippen LogP) is 2.64. The average molecular weight is 224 g/mol. The van der Waals surface area contributed by atoms with Crippen LogP contribution in [-0.2, 0) is 0 Å². The van der Waals surface area contributed by atoms with Gasteiger partial charge in [-0.1, -0.05) is 25.7 Å². The van der Waals surface area contributed by atoms with Crippen LogP contribution < -0.4 is 5.32 Å². The smallest absolute Gasteiger partial charge is 0.0327 e. The first-order valence-electron chi connectivity index (χ1n) is 7.11. The fourth-order valence-electron chi connectivity index (χ4n) is 3.54. The minimum Gasteiger partial charge on any atom is -0.315 e. The lowest BCUT2D eigenvalue weighted by Crippen LogP contribution is -2.50. The molecule has 2 fully saturated rings. The predicted molar refractivity (Wildman–Crippen MR) is 69.7 cm³/mol. The second-order valence-corrected chi connectivity index (χ2v) is 6.11. The van der Waals surface area contributed by atoms with Gasteiger partial charge in [0.1, 0.15) is 0 Å². The van der Waals surface area contributed by atoms with Crippen molar-refractivity contribution in [1.82, 2.24) is 10.2 Å². The number of hydrogen-bond acceptors (Lipinski definition) is 2. The minimum atomic E-state index is 0.471. The first-order valence-corrected chi connectivity index (χ1v) is 7.11. The molecular formula is C14H28N2. The van der Waals surface area contributed by atoms with E-state index in [4.69, 9.17) is 0 Å². The van der Waals surface area contributed by atoms with Gasteiger partial charge < -0.3 is 10.2 Å². The summed E-state index contributed by atoms with van der Waals surface area (Å²) in [4.78, 5) is 2.46. The van der Waals surface area contributed by atoms with Crippen molar-refractivity contribution in [2.45, 2.75) is 56.9 Å². The molecule has 2 saturated carbocycles. The Morgan fingerprint density at radius 2 is 1.69 bits per heavy atom. The van der Waals surface area contributed by atoms with Gasteiger partial charge in [0.15, 0.2) is 0 Å². The standard InChI is InChI=1S/C14H28N2/c1-16(2)14(9-5-6-10-14)12-15-11-13-7-3-4-8-13/h13,15H,3-12H2,1-2H3. The van der Waals surface area contributed by atoms with E-state index < -0.39 is 0 Å². The van der Waals surface area contributed by atoms with Crippen LogP contribution in [0.3, 0.4) is 0 Å². The average Bonchev–Trinajstić information content (AvgIpc) is 2.88. The van der Waals surface area contributed by atoms with Crippen LogP contribution in [-0.4, -0.2) is 37.6 Å². The van der Waals surface area contributed by atoms with E-state index in [1.54, 1.807) is 0 Å². The molecular weight excluding hydrogens is 196 g/mol. The highest BCUT2D eigenvalue weighted by Gasteiger charge is 2.35. The van der Waals surface area contributed by atoms with Gasteiger partial charge in [0.25, 0.3) is 0 Å². The number of nitrogens with zero attached hydrogens (tertiary/aromatic N) is 1. The molecule has 0 aromatic carbocycles. The van der Waals surface area contributed by atoms with Gasteiger partial charge in [0, 0.05) is 12.1 Å². The Bertz CT molecular complexity index is 201. The van der Waals surface area contributed by atoms with Crippen LogP contribution in [0, 0.1) is 5.92 Å². The number of rotatable bonds is 5. The van der Waals surface area contributed by atoms with Gasteiger partial charge in [-0.3, -0.25) is 0 Å².